The van der Waals surface area contributed by atoms with Crippen molar-refractivity contribution in [2.45, 2.75) is 44.4 Å². The van der Waals surface area contributed by atoms with Crippen molar-refractivity contribution in [1.82, 2.24) is 8.87 Å². The summed E-state index contributed by atoms with van der Waals surface area (Å²) < 4.78 is 35.1. The minimum absolute atomic E-state index is 0.157. The van der Waals surface area contributed by atoms with Gasteiger partial charge in [-0.05, 0) is 69.3 Å². The first-order valence-corrected chi connectivity index (χ1v) is 11.9. The number of nitrogens with zero attached hydrogens (tertiary/aromatic N) is 2. The third-order valence-corrected chi connectivity index (χ3v) is 7.36. The molecule has 2 aromatic carbocycles. The number of carbonyl (C=O) groups excluding carboxylic acids is 1. The van der Waals surface area contributed by atoms with Gasteiger partial charge in [0, 0.05) is 48.0 Å². The van der Waals surface area contributed by atoms with E-state index in [2.05, 4.69) is 16.8 Å². The number of fused-ring (bicyclic) bond motifs is 1. The van der Waals surface area contributed by atoms with Crippen LogP contribution in [0.5, 0.6) is 0 Å². The zero-order chi connectivity index (χ0) is 22.2. The van der Waals surface area contributed by atoms with E-state index < -0.39 is 10.0 Å². The van der Waals surface area contributed by atoms with Gasteiger partial charge in [0.15, 0.2) is 0 Å². The Hall–Kier alpha value is -2.68. The van der Waals surface area contributed by atoms with E-state index in [1.165, 1.54) is 16.4 Å². The smallest absolute Gasteiger partial charge is 0.255 e. The van der Waals surface area contributed by atoms with Gasteiger partial charge in [-0.3, -0.25) is 4.79 Å². The van der Waals surface area contributed by atoms with E-state index in [0.29, 0.717) is 24.3 Å². The van der Waals surface area contributed by atoms with E-state index in [0.717, 1.165) is 17.4 Å². The second-order valence-corrected chi connectivity index (χ2v) is 9.87. The van der Waals surface area contributed by atoms with Crippen molar-refractivity contribution in [3.05, 3.63) is 60.3 Å². The molecule has 1 N–H and O–H groups in total. The number of carbonyl (C=O) groups is 1. The maximum atomic E-state index is 13.0. The van der Waals surface area contributed by atoms with Gasteiger partial charge in [-0.1, -0.05) is 0 Å². The number of aryl methyl sites for hydroxylation is 1. The second kappa shape index (κ2) is 8.45. The van der Waals surface area contributed by atoms with Crippen LogP contribution in [0.3, 0.4) is 0 Å². The molecule has 8 heteroatoms. The lowest BCUT2D eigenvalue weighted by Gasteiger charge is -2.34. The quantitative estimate of drug-likeness (QED) is 0.655. The van der Waals surface area contributed by atoms with E-state index >= 15 is 0 Å². The van der Waals surface area contributed by atoms with Crippen molar-refractivity contribution >= 4 is 32.5 Å². The molecule has 0 spiro atoms. The normalized spacial score (nSPS) is 20.1. The topological polar surface area (TPSA) is 80.6 Å². The predicted molar refractivity (Wildman–Crippen MR) is 121 cm³/mol. The number of benzene rings is 2. The summed E-state index contributed by atoms with van der Waals surface area (Å²) in [4.78, 5) is 12.8. The molecular formula is C23H27N3O4S. The molecule has 0 bridgehead atoms. The predicted octanol–water partition coefficient (Wildman–Crippen LogP) is 3.71. The Labute approximate surface area is 182 Å². The minimum Gasteiger partial charge on any atom is -0.373 e. The molecule has 4 rings (SSSR count). The molecule has 2 atom stereocenters. The van der Waals surface area contributed by atoms with Gasteiger partial charge >= 0.3 is 0 Å². The van der Waals surface area contributed by atoms with Gasteiger partial charge < -0.3 is 14.6 Å². The number of amides is 1. The van der Waals surface area contributed by atoms with Crippen LogP contribution in [-0.2, 0) is 21.3 Å². The Morgan fingerprint density at radius 3 is 2.39 bits per heavy atom. The molecule has 0 aliphatic carbocycles. The van der Waals surface area contributed by atoms with Crippen LogP contribution in [0.4, 0.5) is 5.69 Å². The number of hydrogen-bond acceptors (Lipinski definition) is 4. The van der Waals surface area contributed by atoms with Gasteiger partial charge in [-0.2, -0.15) is 4.31 Å². The summed E-state index contributed by atoms with van der Waals surface area (Å²) in [5.74, 6) is -0.285. The zero-order valence-electron chi connectivity index (χ0n) is 17.9. The molecule has 0 radical (unpaired) electrons. The van der Waals surface area contributed by atoms with Crippen molar-refractivity contribution < 1.29 is 17.9 Å². The van der Waals surface area contributed by atoms with Crippen molar-refractivity contribution in [2.75, 3.05) is 18.4 Å². The Balaban J connectivity index is 1.49. The molecule has 1 aliphatic heterocycles. The number of nitrogens with one attached hydrogen (secondary N) is 1. The maximum Gasteiger partial charge on any atom is 0.255 e. The molecule has 2 heterocycles. The van der Waals surface area contributed by atoms with Crippen LogP contribution in [0.1, 0.15) is 31.1 Å². The van der Waals surface area contributed by atoms with Crippen LogP contribution in [0.2, 0.25) is 0 Å². The first-order chi connectivity index (χ1) is 14.8. The van der Waals surface area contributed by atoms with Crippen LogP contribution in [0.25, 0.3) is 10.9 Å². The molecule has 1 aliphatic rings. The first-order valence-electron chi connectivity index (χ1n) is 10.4. The summed E-state index contributed by atoms with van der Waals surface area (Å²) in [5.41, 5.74) is 2.20. The number of hydrogen-bond donors (Lipinski definition) is 1. The Kier molecular flexibility index (Phi) is 5.88. The van der Waals surface area contributed by atoms with Gasteiger partial charge in [0.25, 0.3) is 5.91 Å². The summed E-state index contributed by atoms with van der Waals surface area (Å²) >= 11 is 0. The number of morpholine rings is 1. The SMILES string of the molecule is CCn1ccc2cc(NC(=O)c3ccc(S(=O)(=O)N4CC(C)OC(C)C4)cc3)ccc21. The summed E-state index contributed by atoms with van der Waals surface area (Å²) in [6.45, 7) is 7.32. The third-order valence-electron chi connectivity index (χ3n) is 5.51. The van der Waals surface area contributed by atoms with Crippen molar-refractivity contribution in [2.24, 2.45) is 0 Å². The van der Waals surface area contributed by atoms with Gasteiger partial charge in [0.1, 0.15) is 0 Å². The molecule has 7 nitrogen and oxygen atoms in total. The molecule has 0 saturated carbocycles. The second-order valence-electron chi connectivity index (χ2n) is 7.93. The highest BCUT2D eigenvalue weighted by molar-refractivity contribution is 7.89. The van der Waals surface area contributed by atoms with E-state index in [1.54, 1.807) is 12.1 Å². The third kappa shape index (κ3) is 4.37. The average Bonchev–Trinajstić information content (AvgIpc) is 3.15. The van der Waals surface area contributed by atoms with E-state index in [1.807, 2.05) is 44.3 Å². The number of anilines is 1. The van der Waals surface area contributed by atoms with E-state index in [9.17, 15) is 13.2 Å². The number of sulfonamides is 1. The molecule has 164 valence electrons. The van der Waals surface area contributed by atoms with Crippen LogP contribution in [-0.4, -0.2) is 48.5 Å². The fraction of sp³-hybridized carbons (Fsp3) is 0.348. The van der Waals surface area contributed by atoms with Gasteiger partial charge in [0.05, 0.1) is 17.1 Å². The lowest BCUT2D eigenvalue weighted by Crippen LogP contribution is -2.48. The van der Waals surface area contributed by atoms with Gasteiger partial charge in [-0.15, -0.1) is 0 Å². The van der Waals surface area contributed by atoms with E-state index in [4.69, 9.17) is 4.74 Å². The van der Waals surface area contributed by atoms with Crippen molar-refractivity contribution in [3.8, 4) is 0 Å². The Morgan fingerprint density at radius 1 is 1.06 bits per heavy atom. The minimum atomic E-state index is -3.63. The average molecular weight is 442 g/mol. The summed E-state index contributed by atoms with van der Waals surface area (Å²) in [7, 11) is -3.63. The molecule has 1 amide bonds. The number of rotatable bonds is 5. The lowest BCUT2D eigenvalue weighted by molar-refractivity contribution is -0.0440. The molecule has 1 fully saturated rings. The molecule has 1 aromatic heterocycles. The first kappa shape index (κ1) is 21.5. The number of aromatic nitrogens is 1. The van der Waals surface area contributed by atoms with Crippen LogP contribution in [0, 0.1) is 0 Å². The summed E-state index contributed by atoms with van der Waals surface area (Å²) in [6.07, 6.45) is 1.70. The van der Waals surface area contributed by atoms with Gasteiger partial charge in [-0.25, -0.2) is 8.42 Å². The Morgan fingerprint density at radius 2 is 1.74 bits per heavy atom. The van der Waals surface area contributed by atoms with E-state index in [-0.39, 0.29) is 23.0 Å². The lowest BCUT2D eigenvalue weighted by atomic mass is 10.2. The molecule has 2 unspecified atom stereocenters. The molecule has 31 heavy (non-hydrogen) atoms. The largest absolute Gasteiger partial charge is 0.373 e. The summed E-state index contributed by atoms with van der Waals surface area (Å²) in [5, 5.41) is 3.94. The van der Waals surface area contributed by atoms with Crippen LogP contribution < -0.4 is 5.32 Å². The zero-order valence-corrected chi connectivity index (χ0v) is 18.7. The highest BCUT2D eigenvalue weighted by Crippen LogP contribution is 2.23. The van der Waals surface area contributed by atoms with Crippen LogP contribution >= 0.6 is 0 Å². The summed E-state index contributed by atoms with van der Waals surface area (Å²) in [6, 6.07) is 13.9. The molecule has 1 saturated heterocycles. The molecule has 3 aromatic rings. The van der Waals surface area contributed by atoms with Gasteiger partial charge in [0.2, 0.25) is 10.0 Å². The van der Waals surface area contributed by atoms with Crippen molar-refractivity contribution in [3.63, 3.8) is 0 Å². The monoisotopic (exact) mass is 441 g/mol. The van der Waals surface area contributed by atoms with Crippen molar-refractivity contribution in [1.29, 1.82) is 0 Å². The fourth-order valence-electron chi connectivity index (χ4n) is 4.01. The van der Waals surface area contributed by atoms with Crippen LogP contribution in [0.15, 0.2) is 59.6 Å². The highest BCUT2D eigenvalue weighted by atomic mass is 32.2. The fourth-order valence-corrected chi connectivity index (χ4v) is 5.60. The number of ether oxygens (including phenoxy) is 1. The highest BCUT2D eigenvalue weighted by Gasteiger charge is 2.32. The standard InChI is InChI=1S/C23H27N3O4S/c1-4-25-12-11-19-13-20(7-10-22(19)25)24-23(27)18-5-8-21(9-6-18)31(28,29)26-14-16(2)30-17(3)15-26/h5-13,16-17H,4,14-15H2,1-3H3,(H,24,27). The Bertz CT molecular complexity index is 1190. The maximum absolute atomic E-state index is 13.0. The molecular weight excluding hydrogens is 414 g/mol.